The molecule has 0 bridgehead atoms. The van der Waals surface area contributed by atoms with Crippen molar-refractivity contribution in [3.05, 3.63) is 161 Å². The fraction of sp³-hybridized carbons (Fsp3) is 0.0976. The maximum Gasteiger partial charge on any atom is 0.0788 e. The van der Waals surface area contributed by atoms with Gasteiger partial charge in [-0.05, 0) is 39.9 Å². The third-order valence-corrected chi connectivity index (χ3v) is 10.8. The largest absolute Gasteiger partial charge is 0.247 e. The molecule has 43 heavy (non-hydrogen) atoms. The Morgan fingerprint density at radius 1 is 0.535 bits per heavy atom. The van der Waals surface area contributed by atoms with Crippen molar-refractivity contribution < 1.29 is 0 Å². The number of hydrogen-bond donors (Lipinski definition) is 0. The van der Waals surface area contributed by atoms with Crippen LogP contribution in [-0.2, 0) is 5.41 Å². The van der Waals surface area contributed by atoms with Gasteiger partial charge in [0.2, 0.25) is 0 Å². The molecule has 0 unspecified atom stereocenters. The minimum atomic E-state index is -0.0513. The highest BCUT2D eigenvalue weighted by molar-refractivity contribution is 7.26. The van der Waals surface area contributed by atoms with Gasteiger partial charge in [0.15, 0.2) is 0 Å². The fourth-order valence-electron chi connectivity index (χ4n) is 7.68. The Kier molecular flexibility index (Phi) is 5.24. The second-order valence-electron chi connectivity index (χ2n) is 12.3. The molecule has 204 valence electrons. The van der Waals surface area contributed by atoms with Crippen LogP contribution in [0.1, 0.15) is 47.6 Å². The monoisotopic (exact) mass is 567 g/mol. The molecule has 1 aliphatic carbocycles. The fourth-order valence-corrected chi connectivity index (χ4v) is 8.98. The number of thiophene rings is 1. The Bertz CT molecular complexity index is 2330. The second-order valence-corrected chi connectivity index (χ2v) is 13.3. The summed E-state index contributed by atoms with van der Waals surface area (Å²) in [6.45, 7) is 4.74. The number of benzene rings is 6. The number of nitrogens with zero attached hydrogens (tertiary/aromatic N) is 1. The van der Waals surface area contributed by atoms with Gasteiger partial charge < -0.3 is 0 Å². The molecule has 6 aromatic carbocycles. The van der Waals surface area contributed by atoms with Crippen LogP contribution in [-0.4, -0.2) is 4.98 Å². The number of rotatable bonds is 2. The molecular formula is C41H29NS. The lowest BCUT2D eigenvalue weighted by molar-refractivity contribution is 0.598. The van der Waals surface area contributed by atoms with Crippen LogP contribution in [0.5, 0.6) is 0 Å². The van der Waals surface area contributed by atoms with Crippen molar-refractivity contribution in [2.75, 3.05) is 0 Å². The minimum absolute atomic E-state index is 0.0513. The average Bonchev–Trinajstić information content (AvgIpc) is 3.44. The van der Waals surface area contributed by atoms with Gasteiger partial charge in [0.05, 0.1) is 11.2 Å². The zero-order chi connectivity index (χ0) is 28.7. The highest BCUT2D eigenvalue weighted by atomic mass is 32.1. The predicted octanol–water partition coefficient (Wildman–Crippen LogP) is 11.2. The Morgan fingerprint density at radius 2 is 1.16 bits per heavy atom. The highest BCUT2D eigenvalue weighted by Gasteiger charge is 2.38. The van der Waals surface area contributed by atoms with Gasteiger partial charge in [-0.3, -0.25) is 0 Å². The van der Waals surface area contributed by atoms with Crippen LogP contribution in [0.25, 0.3) is 53.1 Å². The molecule has 2 heterocycles. The van der Waals surface area contributed by atoms with E-state index in [4.69, 9.17) is 4.98 Å². The summed E-state index contributed by atoms with van der Waals surface area (Å²) in [4.78, 5) is 5.19. The van der Waals surface area contributed by atoms with E-state index in [0.29, 0.717) is 0 Å². The van der Waals surface area contributed by atoms with Gasteiger partial charge >= 0.3 is 0 Å². The van der Waals surface area contributed by atoms with Crippen LogP contribution in [0.2, 0.25) is 0 Å². The molecule has 0 radical (unpaired) electrons. The van der Waals surface area contributed by atoms with Crippen LogP contribution in [0, 0.1) is 0 Å². The molecule has 0 spiro atoms. The normalized spacial score (nSPS) is 14.4. The molecule has 0 aliphatic heterocycles. The molecule has 2 heteroatoms. The van der Waals surface area contributed by atoms with Crippen molar-refractivity contribution in [1.29, 1.82) is 0 Å². The van der Waals surface area contributed by atoms with Gasteiger partial charge in [-0.25, -0.2) is 4.98 Å². The van der Waals surface area contributed by atoms with Crippen LogP contribution in [0.4, 0.5) is 0 Å². The second kappa shape index (κ2) is 9.10. The van der Waals surface area contributed by atoms with Crippen LogP contribution in [0.3, 0.4) is 0 Å². The summed E-state index contributed by atoms with van der Waals surface area (Å²) in [5, 5.41) is 6.44. The van der Waals surface area contributed by atoms with Crippen molar-refractivity contribution in [3.63, 3.8) is 0 Å². The lowest BCUT2D eigenvalue weighted by atomic mass is 9.63. The van der Waals surface area contributed by atoms with E-state index < -0.39 is 0 Å². The molecule has 2 aromatic heterocycles. The smallest absolute Gasteiger partial charge is 0.0788 e. The Hall–Kier alpha value is -4.79. The van der Waals surface area contributed by atoms with Gasteiger partial charge in [-0.15, -0.1) is 11.3 Å². The van der Waals surface area contributed by atoms with E-state index in [1.807, 2.05) is 11.3 Å². The molecule has 1 aliphatic rings. The van der Waals surface area contributed by atoms with Gasteiger partial charge in [0, 0.05) is 53.2 Å². The van der Waals surface area contributed by atoms with E-state index in [1.54, 1.807) is 0 Å². The Labute approximate surface area is 255 Å². The molecule has 0 N–H and O–H groups in total. The summed E-state index contributed by atoms with van der Waals surface area (Å²) >= 11 is 1.92. The molecule has 0 amide bonds. The maximum absolute atomic E-state index is 5.19. The standard InChI is InChI=1S/C41H29NS/c1-41(2)32-19-9-6-15-26(32)36(27-16-7-10-20-33(27)41)29-18-12-22-35-37(29)31-24-23-30-38(40(31)43-35)28-17-8-11-21-34(28)42-39(30)25-13-4-3-5-14-25/h3-24,36H,1-2H3. The first-order valence-electron chi connectivity index (χ1n) is 15.0. The van der Waals surface area contributed by atoms with Crippen molar-refractivity contribution in [2.24, 2.45) is 0 Å². The number of aromatic nitrogens is 1. The first kappa shape index (κ1) is 24.8. The van der Waals surface area contributed by atoms with Crippen molar-refractivity contribution in [1.82, 2.24) is 4.98 Å². The highest BCUT2D eigenvalue weighted by Crippen LogP contribution is 2.52. The number of hydrogen-bond acceptors (Lipinski definition) is 2. The first-order chi connectivity index (χ1) is 21.1. The molecule has 0 fully saturated rings. The minimum Gasteiger partial charge on any atom is -0.247 e. The van der Waals surface area contributed by atoms with Gasteiger partial charge in [-0.1, -0.05) is 135 Å². The van der Waals surface area contributed by atoms with Crippen LogP contribution in [0.15, 0.2) is 133 Å². The Balaban J connectivity index is 1.40. The third kappa shape index (κ3) is 3.48. The van der Waals surface area contributed by atoms with Crippen LogP contribution < -0.4 is 0 Å². The summed E-state index contributed by atoms with van der Waals surface area (Å²) in [5.74, 6) is 0.173. The molecule has 9 rings (SSSR count). The van der Waals surface area contributed by atoms with Gasteiger partial charge in [0.25, 0.3) is 0 Å². The number of para-hydroxylation sites is 1. The van der Waals surface area contributed by atoms with E-state index in [0.717, 1.165) is 16.8 Å². The Morgan fingerprint density at radius 3 is 1.93 bits per heavy atom. The molecule has 8 aromatic rings. The third-order valence-electron chi connectivity index (χ3n) is 9.61. The summed E-state index contributed by atoms with van der Waals surface area (Å²) < 4.78 is 2.68. The number of fused-ring (bicyclic) bond motifs is 9. The maximum atomic E-state index is 5.19. The van der Waals surface area contributed by atoms with Crippen molar-refractivity contribution in [2.45, 2.75) is 25.2 Å². The first-order valence-corrected chi connectivity index (χ1v) is 15.8. The van der Waals surface area contributed by atoms with Gasteiger partial charge in [-0.2, -0.15) is 0 Å². The lowest BCUT2D eigenvalue weighted by Crippen LogP contribution is -2.29. The molecule has 0 atom stereocenters. The van der Waals surface area contributed by atoms with E-state index in [-0.39, 0.29) is 11.3 Å². The van der Waals surface area contributed by atoms with Crippen molar-refractivity contribution in [3.8, 4) is 11.3 Å². The molecular weight excluding hydrogens is 539 g/mol. The summed E-state index contributed by atoms with van der Waals surface area (Å²) in [6.07, 6.45) is 0. The zero-order valence-electron chi connectivity index (χ0n) is 24.1. The predicted molar refractivity (Wildman–Crippen MR) is 184 cm³/mol. The number of pyridine rings is 1. The topological polar surface area (TPSA) is 12.9 Å². The molecule has 1 nitrogen and oxygen atoms in total. The SMILES string of the molecule is CC1(C)c2ccccc2C(c2cccc3sc4c(ccc5c(-c6ccccc6)nc6ccccc6c54)c23)c2ccccc21. The van der Waals surface area contributed by atoms with Crippen LogP contribution >= 0.6 is 11.3 Å². The zero-order valence-corrected chi connectivity index (χ0v) is 25.0. The lowest BCUT2D eigenvalue weighted by Gasteiger charge is -2.40. The van der Waals surface area contributed by atoms with Crippen molar-refractivity contribution >= 4 is 53.2 Å². The van der Waals surface area contributed by atoms with E-state index in [1.165, 1.54) is 64.1 Å². The van der Waals surface area contributed by atoms with E-state index >= 15 is 0 Å². The quantitative estimate of drug-likeness (QED) is 0.189. The molecule has 0 saturated carbocycles. The summed E-state index contributed by atoms with van der Waals surface area (Å²) in [7, 11) is 0. The molecule has 0 saturated heterocycles. The van der Waals surface area contributed by atoms with Gasteiger partial charge in [0.1, 0.15) is 0 Å². The van der Waals surface area contributed by atoms with E-state index in [2.05, 4.69) is 147 Å². The average molecular weight is 568 g/mol. The van der Waals surface area contributed by atoms with E-state index in [9.17, 15) is 0 Å². The summed E-state index contributed by atoms with van der Waals surface area (Å²) in [5.41, 5.74) is 10.3. The summed E-state index contributed by atoms with van der Waals surface area (Å²) in [6, 6.07) is 49.0.